The summed E-state index contributed by atoms with van der Waals surface area (Å²) >= 11 is 0. The predicted octanol–water partition coefficient (Wildman–Crippen LogP) is -1.29. The van der Waals surface area contributed by atoms with E-state index in [4.69, 9.17) is 5.73 Å². The Morgan fingerprint density at radius 2 is 1.57 bits per heavy atom. The Labute approximate surface area is 202 Å². The summed E-state index contributed by atoms with van der Waals surface area (Å²) in [5.74, 6) is -3.71. The number of carboxylic acids is 1. The zero-order valence-corrected chi connectivity index (χ0v) is 19.6. The molecule has 0 aliphatic carbocycles. The molecule has 0 fully saturated rings. The highest BCUT2D eigenvalue weighted by Gasteiger charge is 2.31. The molecule has 0 spiro atoms. The minimum atomic E-state index is -1.23. The van der Waals surface area contributed by atoms with Crippen molar-refractivity contribution in [2.24, 2.45) is 11.7 Å². The molecule has 12 heteroatoms. The molecule has 0 aliphatic rings. The molecule has 0 aliphatic heterocycles. The largest absolute Gasteiger partial charge is 0.480 e. The number of nitrogens with zero attached hydrogens (tertiary/aromatic N) is 1. The van der Waals surface area contributed by atoms with Crippen LogP contribution >= 0.6 is 0 Å². The molecule has 2 aromatic rings. The van der Waals surface area contributed by atoms with Crippen molar-refractivity contribution in [2.75, 3.05) is 6.61 Å². The standard InChI is InChI=1S/C23H32N6O6/c1-13(2)19(23(34)35)29-22(33)18(9-15-10-25-12-26-15)28-21(32)17(27-20(31)16(24)11-30)8-14-6-4-3-5-7-14/h3-7,10,12-13,16-19,30H,8-9,11,24H2,1-2H3,(H,25,26)(H,27,31)(H,28,32)(H,29,33)(H,34,35). The number of H-pyrrole nitrogens is 1. The minimum Gasteiger partial charge on any atom is -0.480 e. The van der Waals surface area contributed by atoms with Crippen LogP contribution in [0.2, 0.25) is 0 Å². The summed E-state index contributed by atoms with van der Waals surface area (Å²) in [4.78, 5) is 56.9. The minimum absolute atomic E-state index is 0.00413. The Kier molecular flexibility index (Phi) is 10.4. The highest BCUT2D eigenvalue weighted by atomic mass is 16.4. The van der Waals surface area contributed by atoms with Crippen molar-refractivity contribution < 1.29 is 29.4 Å². The van der Waals surface area contributed by atoms with Gasteiger partial charge in [-0.05, 0) is 11.5 Å². The van der Waals surface area contributed by atoms with Crippen molar-refractivity contribution in [3.05, 3.63) is 54.1 Å². The van der Waals surface area contributed by atoms with Crippen LogP contribution in [0.4, 0.5) is 0 Å². The molecular formula is C23H32N6O6. The van der Waals surface area contributed by atoms with Crippen LogP contribution < -0.4 is 21.7 Å². The fraction of sp³-hybridized carbons (Fsp3) is 0.435. The number of rotatable bonds is 13. The molecule has 8 N–H and O–H groups in total. The maximum absolute atomic E-state index is 13.2. The number of imidazole rings is 1. The van der Waals surface area contributed by atoms with E-state index in [9.17, 15) is 29.4 Å². The van der Waals surface area contributed by atoms with E-state index >= 15 is 0 Å². The van der Waals surface area contributed by atoms with Crippen LogP contribution in [0.1, 0.15) is 25.1 Å². The number of aliphatic hydroxyl groups excluding tert-OH is 1. The fourth-order valence-electron chi connectivity index (χ4n) is 3.29. The average Bonchev–Trinajstić information content (AvgIpc) is 3.34. The van der Waals surface area contributed by atoms with Crippen LogP contribution in [0.3, 0.4) is 0 Å². The molecule has 1 heterocycles. The van der Waals surface area contributed by atoms with Gasteiger partial charge in [0.1, 0.15) is 24.2 Å². The van der Waals surface area contributed by atoms with E-state index in [1.165, 1.54) is 12.5 Å². The van der Waals surface area contributed by atoms with E-state index in [1.807, 2.05) is 0 Å². The fourth-order valence-corrected chi connectivity index (χ4v) is 3.29. The van der Waals surface area contributed by atoms with Crippen molar-refractivity contribution in [3.63, 3.8) is 0 Å². The van der Waals surface area contributed by atoms with Gasteiger partial charge in [-0.25, -0.2) is 9.78 Å². The lowest BCUT2D eigenvalue weighted by molar-refractivity contribution is -0.143. The number of aliphatic carboxylic acids is 1. The summed E-state index contributed by atoms with van der Waals surface area (Å²) < 4.78 is 0. The second-order valence-corrected chi connectivity index (χ2v) is 8.45. The lowest BCUT2D eigenvalue weighted by atomic mass is 10.0. The zero-order valence-electron chi connectivity index (χ0n) is 19.6. The monoisotopic (exact) mass is 488 g/mol. The van der Waals surface area contributed by atoms with Crippen LogP contribution in [0.25, 0.3) is 0 Å². The lowest BCUT2D eigenvalue weighted by Crippen LogP contribution is -2.58. The van der Waals surface area contributed by atoms with Gasteiger partial charge in [-0.15, -0.1) is 0 Å². The number of carbonyl (C=O) groups excluding carboxylic acids is 3. The summed E-state index contributed by atoms with van der Waals surface area (Å²) in [5, 5.41) is 26.2. The summed E-state index contributed by atoms with van der Waals surface area (Å²) in [7, 11) is 0. The molecule has 0 saturated carbocycles. The summed E-state index contributed by atoms with van der Waals surface area (Å²) in [6.45, 7) is 2.69. The highest BCUT2D eigenvalue weighted by molar-refractivity contribution is 5.94. The number of nitrogens with one attached hydrogen (secondary N) is 4. The molecule has 3 amide bonds. The lowest BCUT2D eigenvalue weighted by Gasteiger charge is -2.26. The molecule has 4 atom stereocenters. The number of carbonyl (C=O) groups is 4. The smallest absolute Gasteiger partial charge is 0.326 e. The molecule has 0 radical (unpaired) electrons. The Morgan fingerprint density at radius 1 is 0.971 bits per heavy atom. The maximum Gasteiger partial charge on any atom is 0.326 e. The summed E-state index contributed by atoms with van der Waals surface area (Å²) in [5.41, 5.74) is 6.86. The van der Waals surface area contributed by atoms with Gasteiger partial charge < -0.3 is 36.9 Å². The van der Waals surface area contributed by atoms with Crippen molar-refractivity contribution in [1.29, 1.82) is 0 Å². The van der Waals surface area contributed by atoms with Gasteiger partial charge in [0, 0.05) is 24.7 Å². The van der Waals surface area contributed by atoms with Crippen LogP contribution in [-0.2, 0) is 32.0 Å². The van der Waals surface area contributed by atoms with Gasteiger partial charge in [-0.3, -0.25) is 14.4 Å². The Balaban J connectivity index is 2.26. The van der Waals surface area contributed by atoms with Gasteiger partial charge in [0.2, 0.25) is 17.7 Å². The molecule has 1 aromatic heterocycles. The van der Waals surface area contributed by atoms with Crippen LogP contribution in [-0.4, -0.2) is 74.6 Å². The maximum atomic E-state index is 13.2. The van der Waals surface area contributed by atoms with Crippen molar-refractivity contribution in [2.45, 2.75) is 50.9 Å². The molecular weight excluding hydrogens is 456 g/mol. The van der Waals surface area contributed by atoms with E-state index in [2.05, 4.69) is 25.9 Å². The molecule has 35 heavy (non-hydrogen) atoms. The van der Waals surface area contributed by atoms with Crippen molar-refractivity contribution in [3.8, 4) is 0 Å². The molecule has 190 valence electrons. The highest BCUT2D eigenvalue weighted by Crippen LogP contribution is 2.08. The number of hydrogen-bond acceptors (Lipinski definition) is 7. The van der Waals surface area contributed by atoms with Gasteiger partial charge in [0.25, 0.3) is 0 Å². The van der Waals surface area contributed by atoms with Gasteiger partial charge in [-0.2, -0.15) is 0 Å². The van der Waals surface area contributed by atoms with Gasteiger partial charge in [0.05, 0.1) is 12.9 Å². The first-order valence-electron chi connectivity index (χ1n) is 11.1. The number of benzene rings is 1. The van der Waals surface area contributed by atoms with E-state index < -0.39 is 60.4 Å². The van der Waals surface area contributed by atoms with Gasteiger partial charge in [-0.1, -0.05) is 44.2 Å². The Morgan fingerprint density at radius 3 is 2.11 bits per heavy atom. The van der Waals surface area contributed by atoms with Crippen molar-refractivity contribution in [1.82, 2.24) is 25.9 Å². The molecule has 1 aromatic carbocycles. The number of carboxylic acid groups (broad SMARTS) is 1. The second-order valence-electron chi connectivity index (χ2n) is 8.45. The second kappa shape index (κ2) is 13.2. The van der Waals surface area contributed by atoms with Crippen LogP contribution in [0, 0.1) is 5.92 Å². The van der Waals surface area contributed by atoms with Crippen molar-refractivity contribution >= 4 is 23.7 Å². The van der Waals surface area contributed by atoms with Crippen LogP contribution in [0.15, 0.2) is 42.9 Å². The summed E-state index contributed by atoms with van der Waals surface area (Å²) in [6.07, 6.45) is 2.99. The number of nitrogens with two attached hydrogens (primary N) is 1. The van der Waals surface area contributed by atoms with E-state index in [0.29, 0.717) is 5.69 Å². The van der Waals surface area contributed by atoms with E-state index in [-0.39, 0.29) is 12.8 Å². The Bertz CT molecular complexity index is 982. The number of hydrogen-bond donors (Lipinski definition) is 7. The summed E-state index contributed by atoms with van der Waals surface area (Å²) in [6, 6.07) is 4.23. The number of aromatic nitrogens is 2. The first kappa shape index (κ1) is 27.5. The van der Waals surface area contributed by atoms with Gasteiger partial charge >= 0.3 is 5.97 Å². The number of amides is 3. The first-order chi connectivity index (χ1) is 16.6. The third kappa shape index (κ3) is 8.50. The Hall–Kier alpha value is -3.77. The normalized spacial score (nSPS) is 14.4. The average molecular weight is 489 g/mol. The SMILES string of the molecule is CC(C)C(NC(=O)C(Cc1cnc[nH]1)NC(=O)C(Cc1ccccc1)NC(=O)C(N)CO)C(=O)O. The number of aliphatic hydroxyl groups is 1. The third-order valence-corrected chi connectivity index (χ3v) is 5.29. The van der Waals surface area contributed by atoms with Gasteiger partial charge in [0.15, 0.2) is 0 Å². The van der Waals surface area contributed by atoms with E-state index in [0.717, 1.165) is 5.56 Å². The first-order valence-corrected chi connectivity index (χ1v) is 11.1. The quantitative estimate of drug-likeness (QED) is 0.180. The van der Waals surface area contributed by atoms with Crippen LogP contribution in [0.5, 0.6) is 0 Å². The zero-order chi connectivity index (χ0) is 26.0. The molecule has 12 nitrogen and oxygen atoms in total. The third-order valence-electron chi connectivity index (χ3n) is 5.29. The topological polar surface area (TPSA) is 200 Å². The molecule has 0 bridgehead atoms. The molecule has 4 unspecified atom stereocenters. The predicted molar refractivity (Wildman–Crippen MR) is 126 cm³/mol. The molecule has 0 saturated heterocycles. The number of aromatic amines is 1. The van der Waals surface area contributed by atoms with E-state index in [1.54, 1.807) is 44.2 Å². The molecule has 2 rings (SSSR count).